The van der Waals surface area contributed by atoms with E-state index >= 15 is 0 Å². The smallest absolute Gasteiger partial charge is 0.323 e. The fourth-order valence-corrected chi connectivity index (χ4v) is 1.84. The van der Waals surface area contributed by atoms with Crippen molar-refractivity contribution >= 4 is 29.2 Å². The fourth-order valence-electron chi connectivity index (χ4n) is 1.65. The molecule has 19 heavy (non-hydrogen) atoms. The second-order valence-electron chi connectivity index (χ2n) is 3.85. The zero-order valence-corrected chi connectivity index (χ0v) is 10.6. The van der Waals surface area contributed by atoms with E-state index in [0.29, 0.717) is 10.7 Å². The first-order valence-corrected chi connectivity index (χ1v) is 5.88. The van der Waals surface area contributed by atoms with Crippen LogP contribution in [0.15, 0.2) is 42.6 Å². The van der Waals surface area contributed by atoms with Gasteiger partial charge in [-0.05, 0) is 24.3 Å². The Morgan fingerprint density at radius 2 is 1.95 bits per heavy atom. The standard InChI is InChI=1S/C13H11ClN2O3/c14-9-4-1-2-5-10(9)15-13(19)11-6-3-7-16(11)8-12(17)18/h1-7H,8H2,(H,15,19)(H,17,18). The van der Waals surface area contributed by atoms with Gasteiger partial charge in [0.2, 0.25) is 0 Å². The number of amides is 1. The predicted octanol–water partition coefficient (Wildman–Crippen LogP) is 2.48. The highest BCUT2D eigenvalue weighted by Gasteiger charge is 2.13. The van der Waals surface area contributed by atoms with Gasteiger partial charge in [0.25, 0.3) is 5.91 Å². The van der Waals surface area contributed by atoms with Gasteiger partial charge in [-0.15, -0.1) is 0 Å². The lowest BCUT2D eigenvalue weighted by atomic mass is 10.3. The molecular weight excluding hydrogens is 268 g/mol. The van der Waals surface area contributed by atoms with E-state index in [-0.39, 0.29) is 12.2 Å². The Morgan fingerprint density at radius 3 is 2.63 bits per heavy atom. The fraction of sp³-hybridized carbons (Fsp3) is 0.0769. The van der Waals surface area contributed by atoms with Crippen LogP contribution in [0.5, 0.6) is 0 Å². The van der Waals surface area contributed by atoms with E-state index in [1.54, 1.807) is 36.4 Å². The van der Waals surface area contributed by atoms with Crippen molar-refractivity contribution in [3.8, 4) is 0 Å². The Balaban J connectivity index is 2.19. The van der Waals surface area contributed by atoms with Gasteiger partial charge >= 0.3 is 5.97 Å². The molecule has 0 fully saturated rings. The minimum atomic E-state index is -1.01. The molecule has 0 saturated carbocycles. The lowest BCUT2D eigenvalue weighted by Gasteiger charge is -2.09. The molecule has 0 radical (unpaired) electrons. The molecule has 2 aromatic rings. The Bertz CT molecular complexity index is 622. The summed E-state index contributed by atoms with van der Waals surface area (Å²) in [6.07, 6.45) is 1.54. The van der Waals surface area contributed by atoms with Gasteiger partial charge in [0.1, 0.15) is 12.2 Å². The minimum Gasteiger partial charge on any atom is -0.480 e. The van der Waals surface area contributed by atoms with Crippen LogP contribution in [-0.4, -0.2) is 21.6 Å². The summed E-state index contributed by atoms with van der Waals surface area (Å²) < 4.78 is 1.36. The number of carboxylic acid groups (broad SMARTS) is 1. The highest BCUT2D eigenvalue weighted by atomic mass is 35.5. The summed E-state index contributed by atoms with van der Waals surface area (Å²) in [5.74, 6) is -1.41. The largest absolute Gasteiger partial charge is 0.480 e. The van der Waals surface area contributed by atoms with Crippen LogP contribution in [0.2, 0.25) is 5.02 Å². The van der Waals surface area contributed by atoms with Crippen molar-refractivity contribution in [2.75, 3.05) is 5.32 Å². The van der Waals surface area contributed by atoms with Gasteiger partial charge < -0.3 is 15.0 Å². The lowest BCUT2D eigenvalue weighted by Crippen LogP contribution is -2.19. The molecule has 5 nitrogen and oxygen atoms in total. The van der Waals surface area contributed by atoms with Crippen LogP contribution in [0.25, 0.3) is 0 Å². The highest BCUT2D eigenvalue weighted by molar-refractivity contribution is 6.33. The number of rotatable bonds is 4. The van der Waals surface area contributed by atoms with Crippen LogP contribution < -0.4 is 5.32 Å². The van der Waals surface area contributed by atoms with Crippen molar-refractivity contribution in [2.24, 2.45) is 0 Å². The van der Waals surface area contributed by atoms with E-state index in [1.807, 2.05) is 0 Å². The number of para-hydroxylation sites is 1. The van der Waals surface area contributed by atoms with Gasteiger partial charge in [-0.3, -0.25) is 9.59 Å². The van der Waals surface area contributed by atoms with Gasteiger partial charge in [0.05, 0.1) is 10.7 Å². The van der Waals surface area contributed by atoms with E-state index in [4.69, 9.17) is 16.7 Å². The molecule has 0 aliphatic rings. The van der Waals surface area contributed by atoms with E-state index < -0.39 is 11.9 Å². The molecule has 6 heteroatoms. The first kappa shape index (κ1) is 13.2. The summed E-state index contributed by atoms with van der Waals surface area (Å²) >= 11 is 5.94. The minimum absolute atomic E-state index is 0.266. The molecule has 0 atom stereocenters. The number of hydrogen-bond donors (Lipinski definition) is 2. The summed E-state index contributed by atoms with van der Waals surface area (Å²) in [7, 11) is 0. The van der Waals surface area contributed by atoms with Gasteiger partial charge in [0, 0.05) is 6.20 Å². The topological polar surface area (TPSA) is 71.3 Å². The van der Waals surface area contributed by atoms with Crippen molar-refractivity contribution in [1.29, 1.82) is 0 Å². The maximum atomic E-state index is 12.0. The van der Waals surface area contributed by atoms with Crippen LogP contribution in [0.4, 0.5) is 5.69 Å². The van der Waals surface area contributed by atoms with Crippen molar-refractivity contribution in [1.82, 2.24) is 4.57 Å². The van der Waals surface area contributed by atoms with Crippen LogP contribution >= 0.6 is 11.6 Å². The average molecular weight is 279 g/mol. The Morgan fingerprint density at radius 1 is 1.21 bits per heavy atom. The molecule has 0 unspecified atom stereocenters. The van der Waals surface area contributed by atoms with Gasteiger partial charge in [0.15, 0.2) is 0 Å². The third kappa shape index (κ3) is 3.14. The molecule has 1 aromatic heterocycles. The number of benzene rings is 1. The lowest BCUT2D eigenvalue weighted by molar-refractivity contribution is -0.137. The zero-order valence-electron chi connectivity index (χ0n) is 9.84. The van der Waals surface area contributed by atoms with Crippen LogP contribution in [0.3, 0.4) is 0 Å². The molecule has 1 amide bonds. The van der Waals surface area contributed by atoms with Crippen molar-refractivity contribution in [3.63, 3.8) is 0 Å². The number of nitrogens with one attached hydrogen (secondary N) is 1. The van der Waals surface area contributed by atoms with E-state index in [0.717, 1.165) is 0 Å². The van der Waals surface area contributed by atoms with Crippen LogP contribution in [0, 0.1) is 0 Å². The quantitative estimate of drug-likeness (QED) is 0.902. The molecule has 1 heterocycles. The Labute approximate surface area is 114 Å². The van der Waals surface area contributed by atoms with E-state index in [2.05, 4.69) is 5.32 Å². The van der Waals surface area contributed by atoms with E-state index in [1.165, 1.54) is 10.8 Å². The van der Waals surface area contributed by atoms with E-state index in [9.17, 15) is 9.59 Å². The zero-order chi connectivity index (χ0) is 13.8. The molecule has 2 rings (SSSR count). The van der Waals surface area contributed by atoms with Crippen LogP contribution in [-0.2, 0) is 11.3 Å². The Hall–Kier alpha value is -2.27. The number of carbonyl (C=O) groups excluding carboxylic acids is 1. The number of carbonyl (C=O) groups is 2. The summed E-state index contributed by atoms with van der Waals surface area (Å²) in [4.78, 5) is 22.7. The Kier molecular flexibility index (Phi) is 3.87. The predicted molar refractivity (Wildman–Crippen MR) is 71.5 cm³/mol. The van der Waals surface area contributed by atoms with Gasteiger partial charge in [-0.2, -0.15) is 0 Å². The second kappa shape index (κ2) is 5.58. The maximum absolute atomic E-state index is 12.0. The molecule has 0 bridgehead atoms. The first-order valence-electron chi connectivity index (χ1n) is 5.51. The molecule has 2 N–H and O–H groups in total. The van der Waals surface area contributed by atoms with Crippen molar-refractivity contribution in [3.05, 3.63) is 53.3 Å². The van der Waals surface area contributed by atoms with Crippen LogP contribution in [0.1, 0.15) is 10.5 Å². The second-order valence-corrected chi connectivity index (χ2v) is 4.26. The molecular formula is C13H11ClN2O3. The monoisotopic (exact) mass is 278 g/mol. The number of halogens is 1. The number of carboxylic acids is 1. The number of nitrogens with zero attached hydrogens (tertiary/aromatic N) is 1. The molecule has 1 aromatic carbocycles. The summed E-state index contributed by atoms with van der Waals surface area (Å²) in [5, 5.41) is 11.8. The molecule has 0 aliphatic carbocycles. The molecule has 0 spiro atoms. The third-order valence-electron chi connectivity index (χ3n) is 2.49. The third-order valence-corrected chi connectivity index (χ3v) is 2.82. The summed E-state index contributed by atoms with van der Waals surface area (Å²) in [6.45, 7) is -0.266. The normalized spacial score (nSPS) is 10.2. The summed E-state index contributed by atoms with van der Waals surface area (Å²) in [5.41, 5.74) is 0.750. The van der Waals surface area contributed by atoms with Gasteiger partial charge in [-0.1, -0.05) is 23.7 Å². The number of anilines is 1. The molecule has 0 aliphatic heterocycles. The highest BCUT2D eigenvalue weighted by Crippen LogP contribution is 2.21. The summed E-state index contributed by atoms with van der Waals surface area (Å²) in [6, 6.07) is 10.0. The SMILES string of the molecule is O=C(O)Cn1cccc1C(=O)Nc1ccccc1Cl. The average Bonchev–Trinajstić information content (AvgIpc) is 2.79. The van der Waals surface area contributed by atoms with Crippen molar-refractivity contribution < 1.29 is 14.7 Å². The molecule has 98 valence electrons. The van der Waals surface area contributed by atoms with Gasteiger partial charge in [-0.25, -0.2) is 0 Å². The number of hydrogen-bond acceptors (Lipinski definition) is 2. The molecule has 0 saturated heterocycles. The maximum Gasteiger partial charge on any atom is 0.323 e. The van der Waals surface area contributed by atoms with Crippen molar-refractivity contribution in [2.45, 2.75) is 6.54 Å². The number of aliphatic carboxylic acids is 1. The first-order chi connectivity index (χ1) is 9.08. The number of aromatic nitrogens is 1.